The van der Waals surface area contributed by atoms with Crippen LogP contribution in [0.2, 0.25) is 0 Å². The van der Waals surface area contributed by atoms with Crippen LogP contribution in [-0.4, -0.2) is 28.4 Å². The van der Waals surface area contributed by atoms with Crippen molar-refractivity contribution in [3.63, 3.8) is 0 Å². The zero-order valence-electron chi connectivity index (χ0n) is 9.99. The fourth-order valence-corrected chi connectivity index (χ4v) is 1.32. The minimum Gasteiger partial charge on any atom is -0.468 e. The second-order valence-electron chi connectivity index (χ2n) is 4.12. The molecule has 0 saturated heterocycles. The van der Waals surface area contributed by atoms with Crippen LogP contribution in [0, 0.1) is 0 Å². The quantitative estimate of drug-likeness (QED) is 0.830. The van der Waals surface area contributed by atoms with Crippen LogP contribution in [0.4, 0.5) is 13.2 Å². The molecule has 102 valence electrons. The van der Waals surface area contributed by atoms with Crippen molar-refractivity contribution in [3.05, 3.63) is 18.0 Å². The van der Waals surface area contributed by atoms with E-state index in [4.69, 9.17) is 5.73 Å². The smallest absolute Gasteiger partial charge is 0.435 e. The molecule has 1 aromatic heterocycles. The third-order valence-electron chi connectivity index (χ3n) is 2.44. The van der Waals surface area contributed by atoms with Gasteiger partial charge >= 0.3 is 12.1 Å². The minimum atomic E-state index is -4.47. The first-order valence-corrected chi connectivity index (χ1v) is 5.15. The molecule has 2 N–H and O–H groups in total. The lowest BCUT2D eigenvalue weighted by Gasteiger charge is -2.20. The summed E-state index contributed by atoms with van der Waals surface area (Å²) in [4.78, 5) is 11.3. The average molecular weight is 265 g/mol. The predicted molar refractivity (Wildman–Crippen MR) is 56.5 cm³/mol. The number of hydrogen-bond acceptors (Lipinski definition) is 4. The van der Waals surface area contributed by atoms with Gasteiger partial charge in [0.25, 0.3) is 0 Å². The lowest BCUT2D eigenvalue weighted by molar-refractivity contribution is -0.147. The van der Waals surface area contributed by atoms with E-state index in [9.17, 15) is 18.0 Å². The molecule has 1 aromatic rings. The van der Waals surface area contributed by atoms with Crippen LogP contribution < -0.4 is 5.73 Å². The number of ether oxygens (including phenoxy) is 1. The first-order valence-electron chi connectivity index (χ1n) is 5.15. The van der Waals surface area contributed by atoms with E-state index in [0.717, 1.165) is 10.7 Å². The number of nitrogens with zero attached hydrogens (tertiary/aromatic N) is 2. The van der Waals surface area contributed by atoms with Gasteiger partial charge < -0.3 is 10.5 Å². The third kappa shape index (κ3) is 3.46. The standard InChI is InChI=1S/C10H14F3N3O2/c1-9(14,8(17)18-2)4-6-16-5-3-7(15-16)10(11,12)13/h3,5H,4,6,14H2,1-2H3. The highest BCUT2D eigenvalue weighted by Crippen LogP contribution is 2.27. The predicted octanol–water partition coefficient (Wildman–Crippen LogP) is 1.18. The summed E-state index contributed by atoms with van der Waals surface area (Å²) in [5.74, 6) is -0.620. The highest BCUT2D eigenvalue weighted by molar-refractivity contribution is 5.79. The monoisotopic (exact) mass is 265 g/mol. The van der Waals surface area contributed by atoms with Gasteiger partial charge in [0.1, 0.15) is 5.54 Å². The van der Waals surface area contributed by atoms with E-state index < -0.39 is 23.4 Å². The molecule has 0 spiro atoms. The van der Waals surface area contributed by atoms with Crippen molar-refractivity contribution in [2.45, 2.75) is 31.6 Å². The number of esters is 1. The number of rotatable bonds is 4. The second kappa shape index (κ2) is 4.97. The van der Waals surface area contributed by atoms with Crippen molar-refractivity contribution in [1.82, 2.24) is 9.78 Å². The number of carbonyl (C=O) groups excluding carboxylic acids is 1. The molecule has 0 bridgehead atoms. The van der Waals surface area contributed by atoms with Crippen molar-refractivity contribution in [3.8, 4) is 0 Å². The van der Waals surface area contributed by atoms with Crippen molar-refractivity contribution in [1.29, 1.82) is 0 Å². The van der Waals surface area contributed by atoms with Crippen LogP contribution in [0.3, 0.4) is 0 Å². The Labute approximate surface area is 102 Å². The zero-order chi connectivity index (χ0) is 14.0. The Bertz CT molecular complexity index is 426. The van der Waals surface area contributed by atoms with E-state index in [1.165, 1.54) is 20.2 Å². The molecule has 0 aromatic carbocycles. The van der Waals surface area contributed by atoms with Gasteiger partial charge in [-0.3, -0.25) is 9.48 Å². The highest BCUT2D eigenvalue weighted by atomic mass is 19.4. The molecular formula is C10H14F3N3O2. The summed E-state index contributed by atoms with van der Waals surface area (Å²) in [5, 5.41) is 3.35. The summed E-state index contributed by atoms with van der Waals surface area (Å²) in [7, 11) is 1.20. The minimum absolute atomic E-state index is 0.0954. The van der Waals surface area contributed by atoms with E-state index in [0.29, 0.717) is 0 Å². The van der Waals surface area contributed by atoms with Crippen molar-refractivity contribution < 1.29 is 22.7 Å². The molecule has 0 saturated carbocycles. The first kappa shape index (κ1) is 14.5. The summed E-state index contributed by atoms with van der Waals surface area (Å²) >= 11 is 0. The molecule has 0 radical (unpaired) electrons. The number of halogens is 3. The van der Waals surface area contributed by atoms with Gasteiger partial charge in [-0.15, -0.1) is 0 Å². The molecule has 0 amide bonds. The van der Waals surface area contributed by atoms with Gasteiger partial charge in [0.2, 0.25) is 0 Å². The van der Waals surface area contributed by atoms with E-state index in [1.54, 1.807) is 0 Å². The van der Waals surface area contributed by atoms with Crippen LogP contribution in [0.15, 0.2) is 12.3 Å². The van der Waals surface area contributed by atoms with Gasteiger partial charge in [-0.2, -0.15) is 18.3 Å². The Morgan fingerprint density at radius 1 is 1.56 bits per heavy atom. The fourth-order valence-electron chi connectivity index (χ4n) is 1.32. The van der Waals surface area contributed by atoms with Crippen molar-refractivity contribution in [2.75, 3.05) is 7.11 Å². The van der Waals surface area contributed by atoms with Crippen molar-refractivity contribution in [2.24, 2.45) is 5.73 Å². The van der Waals surface area contributed by atoms with E-state index in [-0.39, 0.29) is 13.0 Å². The molecule has 0 aliphatic heterocycles. The SMILES string of the molecule is COC(=O)C(C)(N)CCn1ccc(C(F)(F)F)n1. The molecule has 1 heterocycles. The summed E-state index contributed by atoms with van der Waals surface area (Å²) in [5.41, 5.74) is 3.45. The second-order valence-corrected chi connectivity index (χ2v) is 4.12. The summed E-state index contributed by atoms with van der Waals surface area (Å²) < 4.78 is 42.4. The van der Waals surface area contributed by atoms with Gasteiger partial charge in [0.15, 0.2) is 5.69 Å². The van der Waals surface area contributed by atoms with Gasteiger partial charge in [0.05, 0.1) is 7.11 Å². The van der Waals surface area contributed by atoms with Crippen LogP contribution >= 0.6 is 0 Å². The molecule has 0 aliphatic rings. The highest BCUT2D eigenvalue weighted by Gasteiger charge is 2.34. The zero-order valence-corrected chi connectivity index (χ0v) is 9.99. The average Bonchev–Trinajstić information content (AvgIpc) is 2.73. The number of aromatic nitrogens is 2. The Balaban J connectivity index is 2.65. The molecule has 8 heteroatoms. The van der Waals surface area contributed by atoms with Gasteiger partial charge in [-0.1, -0.05) is 0 Å². The molecule has 1 atom stereocenters. The van der Waals surface area contributed by atoms with E-state index >= 15 is 0 Å². The number of hydrogen-bond donors (Lipinski definition) is 1. The molecule has 1 rings (SSSR count). The number of methoxy groups -OCH3 is 1. The molecule has 1 unspecified atom stereocenters. The van der Waals surface area contributed by atoms with Crippen LogP contribution in [-0.2, 0) is 22.3 Å². The topological polar surface area (TPSA) is 70.1 Å². The largest absolute Gasteiger partial charge is 0.468 e. The van der Waals surface area contributed by atoms with Crippen molar-refractivity contribution >= 4 is 5.97 Å². The molecule has 18 heavy (non-hydrogen) atoms. The Kier molecular flexibility index (Phi) is 4.00. The molecule has 0 aliphatic carbocycles. The lowest BCUT2D eigenvalue weighted by atomic mass is 10.00. The van der Waals surface area contributed by atoms with Crippen LogP contribution in [0.5, 0.6) is 0 Å². The summed E-state index contributed by atoms with van der Waals surface area (Å²) in [6, 6.07) is 0.867. The fraction of sp³-hybridized carbons (Fsp3) is 0.600. The Hall–Kier alpha value is -1.57. The van der Waals surface area contributed by atoms with E-state index in [2.05, 4.69) is 9.84 Å². The van der Waals surface area contributed by atoms with Gasteiger partial charge in [-0.25, -0.2) is 0 Å². The van der Waals surface area contributed by atoms with Crippen LogP contribution in [0.1, 0.15) is 19.0 Å². The molecular weight excluding hydrogens is 251 g/mol. The third-order valence-corrected chi connectivity index (χ3v) is 2.44. The molecule has 0 fully saturated rings. The van der Waals surface area contributed by atoms with E-state index in [1.807, 2.05) is 0 Å². The maximum Gasteiger partial charge on any atom is 0.435 e. The number of alkyl halides is 3. The number of nitrogens with two attached hydrogens (primary N) is 1. The first-order chi connectivity index (χ1) is 8.16. The number of carbonyl (C=O) groups is 1. The Morgan fingerprint density at radius 3 is 2.61 bits per heavy atom. The molecule has 5 nitrogen and oxygen atoms in total. The maximum atomic E-state index is 12.3. The number of aryl methyl sites for hydroxylation is 1. The van der Waals surface area contributed by atoms with Crippen LogP contribution in [0.25, 0.3) is 0 Å². The Morgan fingerprint density at radius 2 is 2.17 bits per heavy atom. The maximum absolute atomic E-state index is 12.3. The lowest BCUT2D eigenvalue weighted by Crippen LogP contribution is -2.46. The normalized spacial score (nSPS) is 15.2. The van der Waals surface area contributed by atoms with Gasteiger partial charge in [0, 0.05) is 12.7 Å². The van der Waals surface area contributed by atoms with Gasteiger partial charge in [-0.05, 0) is 19.4 Å². The summed E-state index contributed by atoms with van der Waals surface area (Å²) in [6.07, 6.45) is -3.16. The summed E-state index contributed by atoms with van der Waals surface area (Å²) in [6.45, 7) is 1.55.